The second kappa shape index (κ2) is 43.7. The highest BCUT2D eigenvalue weighted by atomic mass is 31.2. The molecule has 0 radical (unpaired) electrons. The number of unbranched alkanes of at least 4 members (excludes halogenated alkanes) is 18. The first-order valence-corrected chi connectivity index (χ1v) is 26.2. The molecule has 0 aromatic rings. The van der Waals surface area contributed by atoms with Crippen molar-refractivity contribution in [1.82, 2.24) is 0 Å². The second-order valence-electron chi connectivity index (χ2n) is 17.5. The largest absolute Gasteiger partial charge is 0.472 e. The summed E-state index contributed by atoms with van der Waals surface area (Å²) in [5, 5.41) is 0. The quantitative estimate of drug-likeness (QED) is 0.0212. The number of hydrogen-bond acceptors (Lipinski definition) is 7. The van der Waals surface area contributed by atoms with Crippen molar-refractivity contribution in [3.8, 4) is 0 Å². The Balaban J connectivity index is 4.32. The molecule has 0 spiro atoms. The van der Waals surface area contributed by atoms with Gasteiger partial charge in [0.15, 0.2) is 6.10 Å². The third-order valence-corrected chi connectivity index (χ3v) is 11.2. The van der Waals surface area contributed by atoms with E-state index in [9.17, 15) is 19.0 Å². The van der Waals surface area contributed by atoms with Gasteiger partial charge in [-0.25, -0.2) is 4.57 Å². The average molecular weight is 891 g/mol. The molecule has 0 saturated heterocycles. The maximum absolute atomic E-state index is 12.7. The monoisotopic (exact) mass is 891 g/mol. The molecule has 0 rings (SSSR count). The van der Waals surface area contributed by atoms with E-state index in [0.29, 0.717) is 17.4 Å². The Kier molecular flexibility index (Phi) is 41.9. The molecule has 0 aromatic heterocycles. The maximum atomic E-state index is 12.7. The van der Waals surface area contributed by atoms with Crippen LogP contribution >= 0.6 is 7.82 Å². The molecular weight excluding hydrogens is 798 g/mol. The predicted octanol–water partition coefficient (Wildman–Crippen LogP) is 14.6. The smallest absolute Gasteiger partial charge is 0.462 e. The van der Waals surface area contributed by atoms with E-state index in [2.05, 4.69) is 86.8 Å². The number of esters is 2. The summed E-state index contributed by atoms with van der Waals surface area (Å²) in [6, 6.07) is 0. The highest BCUT2D eigenvalue weighted by molar-refractivity contribution is 7.47. The molecule has 0 heterocycles. The Morgan fingerprint density at radius 3 is 1.37 bits per heavy atom. The summed E-state index contributed by atoms with van der Waals surface area (Å²) < 4.78 is 34.4. The number of allylic oxidation sites excluding steroid dienone is 12. The molecule has 0 saturated carbocycles. The number of rotatable bonds is 44. The first kappa shape index (κ1) is 59.5. The lowest BCUT2D eigenvalue weighted by molar-refractivity contribution is -0.870. The van der Waals surface area contributed by atoms with Gasteiger partial charge in [-0.1, -0.05) is 170 Å². The van der Waals surface area contributed by atoms with Gasteiger partial charge in [-0.05, 0) is 83.5 Å². The van der Waals surface area contributed by atoms with E-state index in [0.717, 1.165) is 89.9 Å². The Hall–Kier alpha value is -2.55. The molecule has 0 fully saturated rings. The number of carbonyl (C=O) groups is 2. The highest BCUT2D eigenvalue weighted by Gasteiger charge is 2.27. The molecule has 62 heavy (non-hydrogen) atoms. The van der Waals surface area contributed by atoms with Gasteiger partial charge in [0.25, 0.3) is 0 Å². The Morgan fingerprint density at radius 2 is 0.919 bits per heavy atom. The number of phosphoric acid groups is 1. The molecule has 358 valence electrons. The van der Waals surface area contributed by atoms with Crippen molar-refractivity contribution in [3.05, 3.63) is 72.9 Å². The first-order chi connectivity index (χ1) is 30.0. The number of hydrogen-bond donors (Lipinski definition) is 1. The molecule has 0 bridgehead atoms. The van der Waals surface area contributed by atoms with Gasteiger partial charge in [-0.3, -0.25) is 18.6 Å². The SMILES string of the molecule is CC/C=C\C/C=C\C/C=C\C/C=C\CCCCCCCCCCC(=O)OC(COC(=O)CCCCCCCCC/C=C\C/C=C\CCCCC)COP(=O)(O)OCC[N+](C)(C)C. The van der Waals surface area contributed by atoms with Crippen LogP contribution in [0, 0.1) is 0 Å². The molecule has 2 unspecified atom stereocenters. The summed E-state index contributed by atoms with van der Waals surface area (Å²) in [6.45, 7) is 4.27. The van der Waals surface area contributed by atoms with Crippen molar-refractivity contribution in [1.29, 1.82) is 0 Å². The van der Waals surface area contributed by atoms with Crippen LogP contribution in [0.15, 0.2) is 72.9 Å². The van der Waals surface area contributed by atoms with Gasteiger partial charge in [-0.2, -0.15) is 0 Å². The van der Waals surface area contributed by atoms with Crippen LogP contribution in [0.5, 0.6) is 0 Å². The fraction of sp³-hybridized carbons (Fsp3) is 0.731. The summed E-state index contributed by atoms with van der Waals surface area (Å²) in [5.74, 6) is -0.819. The van der Waals surface area contributed by atoms with E-state index in [1.54, 1.807) is 0 Å². The van der Waals surface area contributed by atoms with Crippen LogP contribution in [-0.4, -0.2) is 74.9 Å². The standard InChI is InChI=1S/C52H92NO8P/c1-6-8-10-12-14-16-18-20-22-24-25-26-27-29-31-33-35-37-39-41-43-45-52(55)61-50(49-60-62(56,57)59-47-46-53(3,4)5)48-58-51(54)44-42-40-38-36-34-32-30-28-23-21-19-17-15-13-11-9-7-2/h8,10,14-17,20-23,25-26,50H,6-7,9,11-13,18-19,24,27-49H2,1-5H3/p+1/b10-8-,16-14-,17-15-,22-20-,23-21-,26-25-. The third kappa shape index (κ3) is 46.9. The van der Waals surface area contributed by atoms with Crippen molar-refractivity contribution in [2.75, 3.05) is 47.5 Å². The number of nitrogens with zero attached hydrogens (tertiary/aromatic N) is 1. The average Bonchev–Trinajstić information content (AvgIpc) is 3.23. The molecule has 0 aliphatic carbocycles. The van der Waals surface area contributed by atoms with Gasteiger partial charge in [-0.15, -0.1) is 0 Å². The van der Waals surface area contributed by atoms with E-state index in [4.69, 9.17) is 18.5 Å². The van der Waals surface area contributed by atoms with Gasteiger partial charge in [0.2, 0.25) is 0 Å². The van der Waals surface area contributed by atoms with Crippen LogP contribution in [0.3, 0.4) is 0 Å². The van der Waals surface area contributed by atoms with Gasteiger partial charge < -0.3 is 18.9 Å². The molecule has 0 aliphatic rings. The Labute approximate surface area is 380 Å². The molecule has 10 heteroatoms. The van der Waals surface area contributed by atoms with E-state index < -0.39 is 26.5 Å². The molecule has 0 aliphatic heterocycles. The first-order valence-electron chi connectivity index (χ1n) is 24.7. The van der Waals surface area contributed by atoms with Crippen LogP contribution in [0.1, 0.15) is 194 Å². The van der Waals surface area contributed by atoms with Crippen LogP contribution in [0.25, 0.3) is 0 Å². The number of ether oxygens (including phenoxy) is 2. The minimum atomic E-state index is -4.39. The minimum Gasteiger partial charge on any atom is -0.462 e. The summed E-state index contributed by atoms with van der Waals surface area (Å²) in [4.78, 5) is 35.5. The summed E-state index contributed by atoms with van der Waals surface area (Å²) in [6.07, 6.45) is 55.1. The van der Waals surface area contributed by atoms with Crippen molar-refractivity contribution in [3.63, 3.8) is 0 Å². The molecule has 2 atom stereocenters. The van der Waals surface area contributed by atoms with Crippen molar-refractivity contribution in [2.24, 2.45) is 0 Å². The fourth-order valence-corrected chi connectivity index (χ4v) is 7.13. The van der Waals surface area contributed by atoms with Gasteiger partial charge >= 0.3 is 19.8 Å². The Morgan fingerprint density at radius 1 is 0.516 bits per heavy atom. The second-order valence-corrected chi connectivity index (χ2v) is 18.9. The highest BCUT2D eigenvalue weighted by Crippen LogP contribution is 2.43. The minimum absolute atomic E-state index is 0.0253. The number of carbonyl (C=O) groups excluding carboxylic acids is 2. The predicted molar refractivity (Wildman–Crippen MR) is 261 cm³/mol. The molecule has 0 aromatic carbocycles. The molecule has 0 amide bonds. The van der Waals surface area contributed by atoms with Gasteiger partial charge in [0.05, 0.1) is 27.7 Å². The maximum Gasteiger partial charge on any atom is 0.472 e. The van der Waals surface area contributed by atoms with Gasteiger partial charge in [0, 0.05) is 12.8 Å². The zero-order chi connectivity index (χ0) is 45.7. The third-order valence-electron chi connectivity index (χ3n) is 10.2. The summed E-state index contributed by atoms with van der Waals surface area (Å²) in [5.41, 5.74) is 0. The normalized spacial score (nSPS) is 14.1. The number of quaternary nitrogens is 1. The lowest BCUT2D eigenvalue weighted by Crippen LogP contribution is -2.37. The Bertz CT molecular complexity index is 1280. The zero-order valence-corrected chi connectivity index (χ0v) is 41.2. The zero-order valence-electron chi connectivity index (χ0n) is 40.3. The van der Waals surface area contributed by atoms with Crippen molar-refractivity contribution < 1.29 is 42.1 Å². The number of likely N-dealkylation sites (N-methyl/N-ethyl adjacent to an activating group) is 1. The fourth-order valence-electron chi connectivity index (χ4n) is 6.39. The lowest BCUT2D eigenvalue weighted by atomic mass is 10.1. The van der Waals surface area contributed by atoms with Crippen molar-refractivity contribution in [2.45, 2.75) is 200 Å². The molecular formula is C52H93NO8P+. The van der Waals surface area contributed by atoms with Crippen LogP contribution in [0.4, 0.5) is 0 Å². The van der Waals surface area contributed by atoms with E-state index in [1.165, 1.54) is 70.6 Å². The van der Waals surface area contributed by atoms with E-state index in [-0.39, 0.29) is 32.0 Å². The summed E-state index contributed by atoms with van der Waals surface area (Å²) >= 11 is 0. The summed E-state index contributed by atoms with van der Waals surface area (Å²) in [7, 11) is 1.46. The van der Waals surface area contributed by atoms with E-state index in [1.807, 2.05) is 21.1 Å². The van der Waals surface area contributed by atoms with Crippen LogP contribution in [0.2, 0.25) is 0 Å². The lowest BCUT2D eigenvalue weighted by Gasteiger charge is -2.24. The van der Waals surface area contributed by atoms with Crippen LogP contribution < -0.4 is 0 Å². The molecule has 9 nitrogen and oxygen atoms in total. The topological polar surface area (TPSA) is 108 Å². The number of phosphoric ester groups is 1. The van der Waals surface area contributed by atoms with Crippen molar-refractivity contribution >= 4 is 19.8 Å². The van der Waals surface area contributed by atoms with Gasteiger partial charge in [0.1, 0.15) is 19.8 Å². The van der Waals surface area contributed by atoms with Crippen LogP contribution in [-0.2, 0) is 32.7 Å². The van der Waals surface area contributed by atoms with E-state index >= 15 is 0 Å². The molecule has 1 N–H and O–H groups in total.